The third kappa shape index (κ3) is 5.40. The van der Waals surface area contributed by atoms with Gasteiger partial charge in [0.15, 0.2) is 0 Å². The normalized spacial score (nSPS) is 18.6. The molecule has 0 aliphatic carbocycles. The molecule has 0 unspecified atom stereocenters. The van der Waals surface area contributed by atoms with Gasteiger partial charge in [-0.05, 0) is 31.9 Å². The third-order valence-corrected chi connectivity index (χ3v) is 4.81. The van der Waals surface area contributed by atoms with E-state index in [9.17, 15) is 13.6 Å². The van der Waals surface area contributed by atoms with Gasteiger partial charge in [-0.1, -0.05) is 0 Å². The van der Waals surface area contributed by atoms with E-state index in [1.807, 2.05) is 0 Å². The number of thiophene rings is 1. The van der Waals surface area contributed by atoms with E-state index in [-0.39, 0.29) is 16.5 Å². The van der Waals surface area contributed by atoms with Crippen LogP contribution in [0.3, 0.4) is 0 Å². The van der Waals surface area contributed by atoms with Gasteiger partial charge >= 0.3 is 6.61 Å². The summed E-state index contributed by atoms with van der Waals surface area (Å²) in [6.07, 6.45) is 1.01. The molecule has 8 heteroatoms. The van der Waals surface area contributed by atoms with E-state index in [1.54, 1.807) is 14.0 Å². The number of hydrogen-bond acceptors (Lipinski definition) is 5. The molecule has 1 atom stereocenters. The first-order valence-electron chi connectivity index (χ1n) is 7.54. The Balaban J connectivity index is 1.83. The number of carbonyl (C=O) groups is 1. The molecule has 0 aromatic carbocycles. The zero-order valence-electron chi connectivity index (χ0n) is 13.3. The molecular formula is C15H22F2N2O3S. The van der Waals surface area contributed by atoms with E-state index < -0.39 is 6.61 Å². The molecule has 2 heterocycles. The number of methoxy groups -OCH3 is 1. The monoisotopic (exact) mass is 348 g/mol. The van der Waals surface area contributed by atoms with Crippen molar-refractivity contribution >= 4 is 17.2 Å². The summed E-state index contributed by atoms with van der Waals surface area (Å²) in [5.74, 6) is -0.0291. The Morgan fingerprint density at radius 1 is 1.57 bits per heavy atom. The fourth-order valence-corrected chi connectivity index (χ4v) is 3.51. The molecule has 1 fully saturated rings. The third-order valence-electron chi connectivity index (χ3n) is 3.78. The Labute approximate surface area is 138 Å². The Morgan fingerprint density at radius 3 is 3.04 bits per heavy atom. The van der Waals surface area contributed by atoms with Crippen molar-refractivity contribution in [3.63, 3.8) is 0 Å². The molecule has 1 aliphatic rings. The number of aryl methyl sites for hydroxylation is 1. The van der Waals surface area contributed by atoms with E-state index in [0.29, 0.717) is 19.1 Å². The summed E-state index contributed by atoms with van der Waals surface area (Å²) in [5.41, 5.74) is 0. The second kappa shape index (κ2) is 8.56. The van der Waals surface area contributed by atoms with E-state index in [4.69, 9.17) is 4.74 Å². The topological polar surface area (TPSA) is 50.8 Å². The molecule has 1 N–H and O–H groups in total. The highest BCUT2D eigenvalue weighted by atomic mass is 32.1. The van der Waals surface area contributed by atoms with Gasteiger partial charge in [-0.25, -0.2) is 0 Å². The smallest absolute Gasteiger partial charge is 0.387 e. The lowest BCUT2D eigenvalue weighted by atomic mass is 10.1. The number of alkyl halides is 2. The fourth-order valence-electron chi connectivity index (χ4n) is 2.65. The molecule has 1 amide bonds. The van der Waals surface area contributed by atoms with Crippen LogP contribution in [0.25, 0.3) is 0 Å². The zero-order chi connectivity index (χ0) is 16.8. The average molecular weight is 348 g/mol. The van der Waals surface area contributed by atoms with Crippen LogP contribution in [0.1, 0.15) is 21.0 Å². The van der Waals surface area contributed by atoms with E-state index >= 15 is 0 Å². The van der Waals surface area contributed by atoms with Gasteiger partial charge in [0.05, 0.1) is 6.61 Å². The highest BCUT2D eigenvalue weighted by Crippen LogP contribution is 2.30. The van der Waals surface area contributed by atoms with Crippen molar-refractivity contribution in [2.24, 2.45) is 5.92 Å². The van der Waals surface area contributed by atoms with Crippen LogP contribution in [-0.4, -0.2) is 57.3 Å². The lowest BCUT2D eigenvalue weighted by Gasteiger charge is -2.15. The second-order valence-corrected chi connectivity index (χ2v) is 6.84. The first kappa shape index (κ1) is 18.1. The van der Waals surface area contributed by atoms with Gasteiger partial charge in [0, 0.05) is 31.6 Å². The molecular weight excluding hydrogens is 326 g/mol. The van der Waals surface area contributed by atoms with Crippen LogP contribution in [0.5, 0.6) is 5.75 Å². The van der Waals surface area contributed by atoms with Gasteiger partial charge in [-0.3, -0.25) is 4.79 Å². The van der Waals surface area contributed by atoms with Crippen LogP contribution in [-0.2, 0) is 4.74 Å². The minimum absolute atomic E-state index is 0.0480. The zero-order valence-corrected chi connectivity index (χ0v) is 14.1. The molecule has 130 valence electrons. The van der Waals surface area contributed by atoms with Crippen molar-refractivity contribution in [1.82, 2.24) is 10.2 Å². The fraction of sp³-hybridized carbons (Fsp3) is 0.667. The van der Waals surface area contributed by atoms with Crippen molar-refractivity contribution in [2.75, 3.05) is 39.9 Å². The molecule has 2 rings (SSSR count). The Morgan fingerprint density at radius 2 is 2.35 bits per heavy atom. The lowest BCUT2D eigenvalue weighted by Crippen LogP contribution is -2.31. The number of carbonyl (C=O) groups excluding carboxylic acids is 1. The number of nitrogens with zero attached hydrogens (tertiary/aromatic N) is 1. The van der Waals surface area contributed by atoms with Crippen molar-refractivity contribution < 1.29 is 23.0 Å². The lowest BCUT2D eigenvalue weighted by molar-refractivity contribution is -0.0498. The number of rotatable bonds is 8. The van der Waals surface area contributed by atoms with Crippen LogP contribution in [0.15, 0.2) is 6.07 Å². The molecule has 5 nitrogen and oxygen atoms in total. The summed E-state index contributed by atoms with van der Waals surface area (Å²) >= 11 is 1.16. The van der Waals surface area contributed by atoms with Crippen molar-refractivity contribution in [3.8, 4) is 5.75 Å². The SMILES string of the molecule is COCCN1CC[C@@H](CNC(=O)c2sc(C)cc2OC(F)F)C1. The maximum atomic E-state index is 12.4. The van der Waals surface area contributed by atoms with Crippen LogP contribution < -0.4 is 10.1 Å². The van der Waals surface area contributed by atoms with Gasteiger partial charge in [0.25, 0.3) is 5.91 Å². The minimum atomic E-state index is -2.93. The number of likely N-dealkylation sites (tertiary alicyclic amines) is 1. The Kier molecular flexibility index (Phi) is 6.73. The maximum Gasteiger partial charge on any atom is 0.387 e. The number of nitrogens with one attached hydrogen (secondary N) is 1. The highest BCUT2D eigenvalue weighted by molar-refractivity contribution is 7.14. The number of amides is 1. The summed E-state index contributed by atoms with van der Waals surface area (Å²) in [6.45, 7) is 2.84. The van der Waals surface area contributed by atoms with Crippen molar-refractivity contribution in [3.05, 3.63) is 15.8 Å². The van der Waals surface area contributed by atoms with Gasteiger partial charge in [0.2, 0.25) is 0 Å². The van der Waals surface area contributed by atoms with E-state index in [0.717, 1.165) is 42.3 Å². The molecule has 1 aromatic rings. The molecule has 1 aromatic heterocycles. The predicted octanol–water partition coefficient (Wildman–Crippen LogP) is 2.36. The molecule has 0 radical (unpaired) electrons. The second-order valence-electron chi connectivity index (χ2n) is 5.59. The Bertz CT molecular complexity index is 525. The van der Waals surface area contributed by atoms with Gasteiger partial charge in [0.1, 0.15) is 10.6 Å². The van der Waals surface area contributed by atoms with Crippen molar-refractivity contribution in [1.29, 1.82) is 0 Å². The number of ether oxygens (including phenoxy) is 2. The van der Waals surface area contributed by atoms with E-state index in [2.05, 4.69) is 15.0 Å². The molecule has 23 heavy (non-hydrogen) atoms. The predicted molar refractivity (Wildman–Crippen MR) is 84.4 cm³/mol. The summed E-state index contributed by atoms with van der Waals surface area (Å²) < 4.78 is 34.2. The molecule has 1 saturated heterocycles. The summed E-state index contributed by atoms with van der Waals surface area (Å²) in [4.78, 5) is 15.5. The summed E-state index contributed by atoms with van der Waals surface area (Å²) in [6, 6.07) is 1.47. The van der Waals surface area contributed by atoms with Crippen LogP contribution >= 0.6 is 11.3 Å². The first-order valence-corrected chi connectivity index (χ1v) is 8.36. The van der Waals surface area contributed by atoms with Gasteiger partial charge in [-0.2, -0.15) is 8.78 Å². The highest BCUT2D eigenvalue weighted by Gasteiger charge is 2.24. The number of hydrogen-bond donors (Lipinski definition) is 1. The van der Waals surface area contributed by atoms with E-state index in [1.165, 1.54) is 6.07 Å². The standard InChI is InChI=1S/C15H22F2N2O3S/c1-10-7-12(22-15(16)17)13(23-10)14(20)18-8-11-3-4-19(9-11)5-6-21-2/h7,11,15H,3-6,8-9H2,1-2H3,(H,18,20)/t11-/m0/s1. The van der Waals surface area contributed by atoms with Crippen molar-refractivity contribution in [2.45, 2.75) is 20.0 Å². The molecule has 0 spiro atoms. The molecule has 0 bridgehead atoms. The maximum absolute atomic E-state index is 12.4. The molecule has 1 aliphatic heterocycles. The van der Waals surface area contributed by atoms with Gasteiger partial charge < -0.3 is 19.7 Å². The van der Waals surface area contributed by atoms with Crippen LogP contribution in [0.2, 0.25) is 0 Å². The Hall–Kier alpha value is -1.25. The average Bonchev–Trinajstić information content (AvgIpc) is 3.08. The summed E-state index contributed by atoms with van der Waals surface area (Å²) in [5, 5.41) is 2.83. The first-order chi connectivity index (χ1) is 11.0. The van der Waals surface area contributed by atoms with Crippen LogP contribution in [0, 0.1) is 12.8 Å². The molecule has 0 saturated carbocycles. The largest absolute Gasteiger partial charge is 0.433 e. The quantitative estimate of drug-likeness (QED) is 0.784. The number of halogens is 2. The van der Waals surface area contributed by atoms with Crippen LogP contribution in [0.4, 0.5) is 8.78 Å². The van der Waals surface area contributed by atoms with Gasteiger partial charge in [-0.15, -0.1) is 11.3 Å². The minimum Gasteiger partial charge on any atom is -0.433 e. The summed E-state index contributed by atoms with van der Waals surface area (Å²) in [7, 11) is 1.68.